The third-order valence-electron chi connectivity index (χ3n) is 6.06. The Morgan fingerprint density at radius 1 is 0.400 bits per heavy atom. The van der Waals surface area contributed by atoms with E-state index in [1.165, 1.54) is 148 Å². The van der Waals surface area contributed by atoms with Gasteiger partial charge in [-0.05, 0) is 12.8 Å². The Bertz CT molecular complexity index is 277. The fourth-order valence-electron chi connectivity index (χ4n) is 3.93. The van der Waals surface area contributed by atoms with Gasteiger partial charge in [0.05, 0.1) is 0 Å². The summed E-state index contributed by atoms with van der Waals surface area (Å²) in [5, 5.41) is 0. The zero-order valence-corrected chi connectivity index (χ0v) is 21.8. The largest absolute Gasteiger partial charge is 0.403 e. The summed E-state index contributed by atoms with van der Waals surface area (Å²) in [5.74, 6) is 0. The Labute approximate surface area is 193 Å². The van der Waals surface area contributed by atoms with Crippen LogP contribution in [0, 0.1) is 0 Å². The Morgan fingerprint density at radius 3 is 0.800 bits per heavy atom. The number of allylic oxidation sites excluding steroid dienone is 1. The third kappa shape index (κ3) is 35.0. The molecule has 0 aliphatic heterocycles. The maximum atomic E-state index is 5.34. The maximum absolute atomic E-state index is 5.34. The van der Waals surface area contributed by atoms with E-state index >= 15 is 0 Å². The van der Waals surface area contributed by atoms with Crippen molar-refractivity contribution >= 4 is 0 Å². The van der Waals surface area contributed by atoms with E-state index in [0.29, 0.717) is 0 Å². The van der Waals surface area contributed by atoms with Crippen molar-refractivity contribution in [3.05, 3.63) is 12.3 Å². The lowest BCUT2D eigenvalue weighted by Gasteiger charge is -2.03. The SMILES string of the molecule is C=C(N)CCCCC.CCCCCCCCCCCCCCCCCCCCCC. The monoisotopic (exact) mass is 423 g/mol. The summed E-state index contributed by atoms with van der Waals surface area (Å²) in [6.45, 7) is 10.4. The summed E-state index contributed by atoms with van der Waals surface area (Å²) in [6.07, 6.45) is 34.1. The van der Waals surface area contributed by atoms with E-state index in [1.54, 1.807) is 0 Å². The highest BCUT2D eigenvalue weighted by Crippen LogP contribution is 2.14. The first-order valence-electron chi connectivity index (χ1n) is 14.1. The summed E-state index contributed by atoms with van der Waals surface area (Å²) in [6, 6.07) is 0. The van der Waals surface area contributed by atoms with Crippen LogP contribution in [0.4, 0.5) is 0 Å². The smallest absolute Gasteiger partial charge is 0.000744 e. The molecule has 0 aliphatic rings. The van der Waals surface area contributed by atoms with Gasteiger partial charge in [0.15, 0.2) is 0 Å². The summed E-state index contributed by atoms with van der Waals surface area (Å²) in [4.78, 5) is 0. The van der Waals surface area contributed by atoms with Crippen LogP contribution in [0.3, 0.4) is 0 Å². The van der Waals surface area contributed by atoms with Gasteiger partial charge in [0.25, 0.3) is 0 Å². The second-order valence-electron chi connectivity index (χ2n) is 9.48. The molecule has 30 heavy (non-hydrogen) atoms. The molecular weight excluding hydrogens is 362 g/mol. The molecule has 0 aliphatic carbocycles. The van der Waals surface area contributed by atoms with Crippen LogP contribution in [0.1, 0.15) is 175 Å². The van der Waals surface area contributed by atoms with Gasteiger partial charge >= 0.3 is 0 Å². The molecular formula is C29H61N. The van der Waals surface area contributed by atoms with Crippen molar-refractivity contribution in [1.82, 2.24) is 0 Å². The van der Waals surface area contributed by atoms with Crippen molar-refractivity contribution in [3.63, 3.8) is 0 Å². The number of hydrogen-bond donors (Lipinski definition) is 1. The van der Waals surface area contributed by atoms with Crippen molar-refractivity contribution in [1.29, 1.82) is 0 Å². The summed E-state index contributed by atoms with van der Waals surface area (Å²) in [5.41, 5.74) is 6.16. The van der Waals surface area contributed by atoms with Crippen LogP contribution >= 0.6 is 0 Å². The van der Waals surface area contributed by atoms with Gasteiger partial charge in [0.2, 0.25) is 0 Å². The highest BCUT2D eigenvalue weighted by atomic mass is 14.5. The molecule has 0 aromatic rings. The predicted octanol–water partition coefficient (Wildman–Crippen LogP) is 10.9. The van der Waals surface area contributed by atoms with Crippen LogP contribution in [-0.4, -0.2) is 0 Å². The molecule has 0 radical (unpaired) electrons. The molecule has 182 valence electrons. The molecule has 0 saturated carbocycles. The lowest BCUT2D eigenvalue weighted by atomic mass is 10.0. The first-order chi connectivity index (χ1) is 14.7. The average molecular weight is 424 g/mol. The highest BCUT2D eigenvalue weighted by molar-refractivity contribution is 4.84. The quantitative estimate of drug-likeness (QED) is 0.162. The van der Waals surface area contributed by atoms with Gasteiger partial charge in [0.1, 0.15) is 0 Å². The van der Waals surface area contributed by atoms with Crippen LogP contribution in [0.5, 0.6) is 0 Å². The van der Waals surface area contributed by atoms with E-state index in [9.17, 15) is 0 Å². The van der Waals surface area contributed by atoms with Gasteiger partial charge in [-0.2, -0.15) is 0 Å². The van der Waals surface area contributed by atoms with Crippen LogP contribution in [0.2, 0.25) is 0 Å². The van der Waals surface area contributed by atoms with Gasteiger partial charge in [0, 0.05) is 5.70 Å². The highest BCUT2D eigenvalue weighted by Gasteiger charge is 1.95. The fraction of sp³-hybridized carbons (Fsp3) is 0.931. The second-order valence-corrected chi connectivity index (χ2v) is 9.48. The Morgan fingerprint density at radius 2 is 0.600 bits per heavy atom. The van der Waals surface area contributed by atoms with Crippen molar-refractivity contribution in [2.24, 2.45) is 5.73 Å². The molecule has 1 heteroatoms. The Kier molecular flexibility index (Phi) is 32.5. The maximum Gasteiger partial charge on any atom is 0.000744 e. The normalized spacial score (nSPS) is 10.6. The van der Waals surface area contributed by atoms with Gasteiger partial charge in [-0.1, -0.05) is 169 Å². The number of unbranched alkanes of at least 4 members (excludes halogenated alkanes) is 21. The molecule has 0 fully saturated rings. The number of nitrogens with two attached hydrogens (primary N) is 1. The number of hydrogen-bond acceptors (Lipinski definition) is 1. The van der Waals surface area contributed by atoms with Crippen LogP contribution in [-0.2, 0) is 0 Å². The number of rotatable bonds is 23. The Balaban J connectivity index is 0. The lowest BCUT2D eigenvalue weighted by molar-refractivity contribution is 0.523. The first-order valence-corrected chi connectivity index (χ1v) is 14.1. The summed E-state index contributed by atoms with van der Waals surface area (Å²) < 4.78 is 0. The molecule has 0 unspecified atom stereocenters. The first kappa shape index (κ1) is 31.7. The van der Waals surface area contributed by atoms with Crippen molar-refractivity contribution in [3.8, 4) is 0 Å². The van der Waals surface area contributed by atoms with Crippen LogP contribution < -0.4 is 5.73 Å². The molecule has 0 spiro atoms. The van der Waals surface area contributed by atoms with Gasteiger partial charge in [-0.15, -0.1) is 0 Å². The second kappa shape index (κ2) is 30.7. The standard InChI is InChI=1S/C22H46.C7H15N/c1-3-5-7-9-11-13-15-17-19-21-22-20-18-16-14-12-10-8-6-4-2;1-3-4-5-6-7(2)8/h3-22H2,1-2H3;2-6,8H2,1H3. The van der Waals surface area contributed by atoms with Crippen molar-refractivity contribution < 1.29 is 0 Å². The van der Waals surface area contributed by atoms with E-state index < -0.39 is 0 Å². The zero-order chi connectivity index (χ0) is 22.5. The molecule has 0 rings (SSSR count). The van der Waals surface area contributed by atoms with E-state index in [4.69, 9.17) is 5.73 Å². The van der Waals surface area contributed by atoms with Crippen LogP contribution in [0.25, 0.3) is 0 Å². The van der Waals surface area contributed by atoms with Gasteiger partial charge in [-0.25, -0.2) is 0 Å². The predicted molar refractivity (Wildman–Crippen MR) is 141 cm³/mol. The van der Waals surface area contributed by atoms with Gasteiger partial charge < -0.3 is 5.73 Å². The summed E-state index contributed by atoms with van der Waals surface area (Å²) >= 11 is 0. The molecule has 2 N–H and O–H groups in total. The summed E-state index contributed by atoms with van der Waals surface area (Å²) in [7, 11) is 0. The molecule has 1 nitrogen and oxygen atoms in total. The Hall–Kier alpha value is -0.460. The minimum absolute atomic E-state index is 0.818. The molecule has 0 atom stereocenters. The molecule has 0 aromatic carbocycles. The minimum Gasteiger partial charge on any atom is -0.403 e. The lowest BCUT2D eigenvalue weighted by Crippen LogP contribution is -1.93. The molecule has 0 bridgehead atoms. The molecule has 0 heterocycles. The fourth-order valence-corrected chi connectivity index (χ4v) is 3.93. The van der Waals surface area contributed by atoms with Crippen molar-refractivity contribution in [2.75, 3.05) is 0 Å². The van der Waals surface area contributed by atoms with E-state index in [-0.39, 0.29) is 0 Å². The molecule has 0 saturated heterocycles. The van der Waals surface area contributed by atoms with Crippen LogP contribution in [0.15, 0.2) is 12.3 Å². The van der Waals surface area contributed by atoms with E-state index in [1.807, 2.05) is 0 Å². The topological polar surface area (TPSA) is 26.0 Å². The van der Waals surface area contributed by atoms with Gasteiger partial charge in [-0.3, -0.25) is 0 Å². The van der Waals surface area contributed by atoms with E-state index in [2.05, 4.69) is 27.4 Å². The third-order valence-corrected chi connectivity index (χ3v) is 6.06. The molecule has 0 amide bonds. The minimum atomic E-state index is 0.818. The van der Waals surface area contributed by atoms with E-state index in [0.717, 1.165) is 12.1 Å². The average Bonchev–Trinajstić information content (AvgIpc) is 2.73. The zero-order valence-electron chi connectivity index (χ0n) is 21.8. The van der Waals surface area contributed by atoms with Crippen molar-refractivity contribution in [2.45, 2.75) is 175 Å². The molecule has 0 aromatic heterocycles.